The smallest absolute Gasteiger partial charge is 0.259 e. The van der Waals surface area contributed by atoms with Gasteiger partial charge in [-0.2, -0.15) is 5.10 Å². The second kappa shape index (κ2) is 9.23. The lowest BCUT2D eigenvalue weighted by molar-refractivity contribution is -0.117. The van der Waals surface area contributed by atoms with Crippen LogP contribution in [0.4, 0.5) is 11.4 Å². The summed E-state index contributed by atoms with van der Waals surface area (Å²) in [6, 6.07) is 24.6. The van der Waals surface area contributed by atoms with Gasteiger partial charge in [-0.3, -0.25) is 9.59 Å². The number of nitrogens with zero attached hydrogens (tertiary/aromatic N) is 3. The molecule has 0 bridgehead atoms. The van der Waals surface area contributed by atoms with Crippen LogP contribution in [0.15, 0.2) is 85.1 Å². The van der Waals surface area contributed by atoms with Gasteiger partial charge in [-0.05, 0) is 36.8 Å². The van der Waals surface area contributed by atoms with Gasteiger partial charge in [-0.25, -0.2) is 4.68 Å². The molecule has 2 amide bonds. The Labute approximate surface area is 197 Å². The second-order valence-electron chi connectivity index (χ2n) is 8.03. The maximum atomic E-state index is 13.4. The highest BCUT2D eigenvalue weighted by Crippen LogP contribution is 2.34. The summed E-state index contributed by atoms with van der Waals surface area (Å²) >= 11 is 0. The molecule has 1 saturated heterocycles. The third-order valence-corrected chi connectivity index (χ3v) is 5.83. The Bertz CT molecular complexity index is 1330. The van der Waals surface area contributed by atoms with Crippen LogP contribution in [0, 0.1) is 0 Å². The van der Waals surface area contributed by atoms with Crippen LogP contribution in [-0.4, -0.2) is 35.2 Å². The number of hydrogen-bond donors (Lipinski definition) is 1. The van der Waals surface area contributed by atoms with E-state index in [4.69, 9.17) is 9.84 Å². The summed E-state index contributed by atoms with van der Waals surface area (Å²) in [5.41, 5.74) is 3.98. The summed E-state index contributed by atoms with van der Waals surface area (Å²) in [5, 5.41) is 7.69. The number of hydrogen-bond acceptors (Lipinski definition) is 4. The Kier molecular flexibility index (Phi) is 5.82. The van der Waals surface area contributed by atoms with E-state index in [1.165, 1.54) is 0 Å². The largest absolute Gasteiger partial charge is 0.495 e. The molecule has 34 heavy (non-hydrogen) atoms. The van der Waals surface area contributed by atoms with Gasteiger partial charge in [-0.1, -0.05) is 48.5 Å². The number of methoxy groups -OCH3 is 1. The molecule has 3 aromatic carbocycles. The predicted octanol–water partition coefficient (Wildman–Crippen LogP) is 4.93. The van der Waals surface area contributed by atoms with Crippen molar-refractivity contribution in [1.82, 2.24) is 9.78 Å². The van der Waals surface area contributed by atoms with Crippen LogP contribution in [0.5, 0.6) is 5.75 Å². The molecular formula is C27H24N4O3. The summed E-state index contributed by atoms with van der Waals surface area (Å²) in [7, 11) is 1.57. The Hall–Kier alpha value is -4.39. The van der Waals surface area contributed by atoms with Crippen LogP contribution >= 0.6 is 0 Å². The van der Waals surface area contributed by atoms with Crippen LogP contribution in [0.3, 0.4) is 0 Å². The second-order valence-corrected chi connectivity index (χ2v) is 8.03. The molecule has 0 atom stereocenters. The molecule has 1 aromatic heterocycles. The molecule has 1 aliphatic heterocycles. The molecule has 0 radical (unpaired) electrons. The van der Waals surface area contributed by atoms with Crippen molar-refractivity contribution in [2.75, 3.05) is 23.9 Å². The Balaban J connectivity index is 1.50. The third kappa shape index (κ3) is 4.15. The first-order valence-electron chi connectivity index (χ1n) is 11.1. The Morgan fingerprint density at radius 3 is 2.41 bits per heavy atom. The molecule has 1 N–H and O–H groups in total. The average Bonchev–Trinajstić information content (AvgIpc) is 3.52. The standard InChI is InChI=1S/C27H24N4O3/c1-34-24-15-14-20(17-23(24)30-16-8-13-25(30)32)28-27(33)22-18-31(21-11-6-3-7-12-21)29-26(22)19-9-4-2-5-10-19/h2-7,9-12,14-15,17-18H,8,13,16H2,1H3,(H,28,33). The highest BCUT2D eigenvalue weighted by atomic mass is 16.5. The lowest BCUT2D eigenvalue weighted by atomic mass is 10.1. The fourth-order valence-electron chi connectivity index (χ4n) is 4.14. The minimum Gasteiger partial charge on any atom is -0.495 e. The molecule has 170 valence electrons. The highest BCUT2D eigenvalue weighted by molar-refractivity contribution is 6.08. The highest BCUT2D eigenvalue weighted by Gasteiger charge is 2.25. The Morgan fingerprint density at radius 1 is 1.00 bits per heavy atom. The van der Waals surface area contributed by atoms with Crippen LogP contribution < -0.4 is 15.0 Å². The van der Waals surface area contributed by atoms with E-state index in [1.807, 2.05) is 60.7 Å². The lowest BCUT2D eigenvalue weighted by Gasteiger charge is -2.20. The van der Waals surface area contributed by atoms with E-state index in [2.05, 4.69) is 5.32 Å². The fourth-order valence-corrected chi connectivity index (χ4v) is 4.14. The predicted molar refractivity (Wildman–Crippen MR) is 132 cm³/mol. The van der Waals surface area contributed by atoms with Crippen LogP contribution in [0.1, 0.15) is 23.2 Å². The minimum atomic E-state index is -0.287. The van der Waals surface area contributed by atoms with E-state index in [0.29, 0.717) is 41.3 Å². The van der Waals surface area contributed by atoms with Crippen molar-refractivity contribution in [3.8, 4) is 22.7 Å². The van der Waals surface area contributed by atoms with Gasteiger partial charge < -0.3 is 15.0 Å². The first kappa shape index (κ1) is 21.5. The van der Waals surface area contributed by atoms with Gasteiger partial charge in [0.15, 0.2) is 0 Å². The molecule has 0 spiro atoms. The zero-order valence-corrected chi connectivity index (χ0v) is 18.8. The zero-order chi connectivity index (χ0) is 23.5. The van der Waals surface area contributed by atoms with Crippen molar-refractivity contribution in [3.05, 3.63) is 90.6 Å². The maximum absolute atomic E-state index is 13.4. The molecule has 0 saturated carbocycles. The van der Waals surface area contributed by atoms with Gasteiger partial charge >= 0.3 is 0 Å². The van der Waals surface area contributed by atoms with E-state index < -0.39 is 0 Å². The van der Waals surface area contributed by atoms with Crippen molar-refractivity contribution in [2.45, 2.75) is 12.8 Å². The third-order valence-electron chi connectivity index (χ3n) is 5.83. The number of anilines is 2. The molecule has 1 fully saturated rings. The summed E-state index contributed by atoms with van der Waals surface area (Å²) in [6.45, 7) is 0.634. The zero-order valence-electron chi connectivity index (χ0n) is 18.8. The van der Waals surface area contributed by atoms with Gasteiger partial charge in [0.05, 0.1) is 24.0 Å². The molecule has 0 unspecified atom stereocenters. The number of nitrogens with one attached hydrogen (secondary N) is 1. The fraction of sp³-hybridized carbons (Fsp3) is 0.148. The van der Waals surface area contributed by atoms with Crippen molar-refractivity contribution in [3.63, 3.8) is 0 Å². The quantitative estimate of drug-likeness (QED) is 0.450. The van der Waals surface area contributed by atoms with E-state index in [9.17, 15) is 9.59 Å². The number of carbonyl (C=O) groups excluding carboxylic acids is 2. The Morgan fingerprint density at radius 2 is 1.74 bits per heavy atom. The van der Waals surface area contributed by atoms with Gasteiger partial charge in [0, 0.05) is 30.4 Å². The summed E-state index contributed by atoms with van der Waals surface area (Å²) in [4.78, 5) is 27.4. The number of para-hydroxylation sites is 1. The molecule has 4 aromatic rings. The van der Waals surface area contributed by atoms with Crippen molar-refractivity contribution >= 4 is 23.2 Å². The van der Waals surface area contributed by atoms with E-state index in [0.717, 1.165) is 17.7 Å². The number of rotatable bonds is 6. The molecule has 7 nitrogen and oxygen atoms in total. The van der Waals surface area contributed by atoms with Crippen molar-refractivity contribution in [2.24, 2.45) is 0 Å². The van der Waals surface area contributed by atoms with Gasteiger partial charge in [0.2, 0.25) is 5.91 Å². The first-order valence-corrected chi connectivity index (χ1v) is 11.1. The molecular weight excluding hydrogens is 428 g/mol. The average molecular weight is 453 g/mol. The van der Waals surface area contributed by atoms with E-state index >= 15 is 0 Å². The topological polar surface area (TPSA) is 76.5 Å². The van der Waals surface area contributed by atoms with Gasteiger partial charge in [-0.15, -0.1) is 0 Å². The van der Waals surface area contributed by atoms with Crippen molar-refractivity contribution < 1.29 is 14.3 Å². The van der Waals surface area contributed by atoms with Gasteiger partial charge in [0.25, 0.3) is 5.91 Å². The van der Waals surface area contributed by atoms with Crippen LogP contribution in [-0.2, 0) is 4.79 Å². The summed E-state index contributed by atoms with van der Waals surface area (Å²) < 4.78 is 7.17. The van der Waals surface area contributed by atoms with E-state index in [-0.39, 0.29) is 11.8 Å². The molecule has 7 heteroatoms. The SMILES string of the molecule is COc1ccc(NC(=O)c2cn(-c3ccccc3)nc2-c2ccccc2)cc1N1CCCC1=O. The number of carbonyl (C=O) groups is 2. The number of amides is 2. The number of benzene rings is 3. The minimum absolute atomic E-state index is 0.0530. The molecule has 1 aliphatic rings. The molecule has 0 aliphatic carbocycles. The van der Waals surface area contributed by atoms with Gasteiger partial charge in [0.1, 0.15) is 11.4 Å². The maximum Gasteiger partial charge on any atom is 0.259 e. The summed E-state index contributed by atoms with van der Waals surface area (Å²) in [5.74, 6) is 0.359. The van der Waals surface area contributed by atoms with Crippen LogP contribution in [0.25, 0.3) is 16.9 Å². The molecule has 2 heterocycles. The van der Waals surface area contributed by atoms with Crippen LogP contribution in [0.2, 0.25) is 0 Å². The summed E-state index contributed by atoms with van der Waals surface area (Å²) in [6.07, 6.45) is 3.05. The first-order chi connectivity index (χ1) is 16.6. The molecule has 5 rings (SSSR count). The lowest BCUT2D eigenvalue weighted by Crippen LogP contribution is -2.24. The van der Waals surface area contributed by atoms with Crippen molar-refractivity contribution in [1.29, 1.82) is 0 Å². The number of ether oxygens (including phenoxy) is 1. The normalized spacial score (nSPS) is 13.2. The monoisotopic (exact) mass is 452 g/mol. The number of aromatic nitrogens is 2. The van der Waals surface area contributed by atoms with E-state index in [1.54, 1.807) is 41.1 Å².